The molecule has 34 heavy (non-hydrogen) atoms. The predicted octanol–water partition coefficient (Wildman–Crippen LogP) is 3.65. The topological polar surface area (TPSA) is 88.2 Å². The fraction of sp³-hybridized carbons (Fsp3) is 0.400. The van der Waals surface area contributed by atoms with Gasteiger partial charge in [0.15, 0.2) is 11.5 Å². The molecule has 2 aromatic rings. The van der Waals surface area contributed by atoms with Crippen molar-refractivity contribution >= 4 is 40.9 Å². The Balaban J connectivity index is 1.55. The Labute approximate surface area is 203 Å². The standard InChI is InChI=1S/C25H29N3O5S/c1-32-21-13-19(25(31)27-10-4-5-11-27)20(14-22(21)33-2)26-24(30)16-12-23(29)28(15-16)17-6-8-18(34-3)9-7-17/h6-9,13-14,16H,4-5,10-12,15H2,1-3H3,(H,26,30). The summed E-state index contributed by atoms with van der Waals surface area (Å²) in [6.07, 6.45) is 4.02. The quantitative estimate of drug-likeness (QED) is 0.605. The molecule has 2 aliphatic rings. The van der Waals surface area contributed by atoms with Gasteiger partial charge in [-0.3, -0.25) is 14.4 Å². The molecule has 2 heterocycles. The van der Waals surface area contributed by atoms with Gasteiger partial charge >= 0.3 is 0 Å². The van der Waals surface area contributed by atoms with Crippen molar-refractivity contribution in [3.05, 3.63) is 42.0 Å². The van der Waals surface area contributed by atoms with Crippen LogP contribution in [0, 0.1) is 5.92 Å². The highest BCUT2D eigenvalue weighted by molar-refractivity contribution is 7.98. The smallest absolute Gasteiger partial charge is 0.256 e. The van der Waals surface area contributed by atoms with Gasteiger partial charge in [0.25, 0.3) is 5.91 Å². The first kappa shape index (κ1) is 23.9. The van der Waals surface area contributed by atoms with E-state index in [9.17, 15) is 14.4 Å². The monoisotopic (exact) mass is 483 g/mol. The van der Waals surface area contributed by atoms with Crippen LogP contribution in [0.2, 0.25) is 0 Å². The molecule has 2 saturated heterocycles. The molecule has 1 N–H and O–H groups in total. The molecule has 4 rings (SSSR count). The summed E-state index contributed by atoms with van der Waals surface area (Å²) in [7, 11) is 3.01. The molecule has 2 fully saturated rings. The number of anilines is 2. The van der Waals surface area contributed by atoms with Crippen molar-refractivity contribution in [1.29, 1.82) is 0 Å². The predicted molar refractivity (Wildman–Crippen MR) is 132 cm³/mol. The molecule has 2 aromatic carbocycles. The molecule has 180 valence electrons. The summed E-state index contributed by atoms with van der Waals surface area (Å²) >= 11 is 1.63. The van der Waals surface area contributed by atoms with E-state index in [1.165, 1.54) is 14.2 Å². The second-order valence-corrected chi connectivity index (χ2v) is 9.22. The summed E-state index contributed by atoms with van der Waals surface area (Å²) in [5.41, 5.74) is 1.48. The van der Waals surface area contributed by atoms with E-state index in [0.29, 0.717) is 35.8 Å². The Hall–Kier alpha value is -3.20. The van der Waals surface area contributed by atoms with Crippen LogP contribution in [0.15, 0.2) is 41.3 Å². The highest BCUT2D eigenvalue weighted by atomic mass is 32.2. The largest absolute Gasteiger partial charge is 0.493 e. The molecule has 2 aliphatic heterocycles. The third kappa shape index (κ3) is 4.84. The van der Waals surface area contributed by atoms with E-state index in [-0.39, 0.29) is 30.7 Å². The number of hydrogen-bond donors (Lipinski definition) is 1. The molecule has 0 radical (unpaired) electrons. The van der Waals surface area contributed by atoms with Crippen LogP contribution < -0.4 is 19.7 Å². The maximum atomic E-state index is 13.2. The number of nitrogens with one attached hydrogen (secondary N) is 1. The molecule has 9 heteroatoms. The molecule has 1 unspecified atom stereocenters. The molecular formula is C25H29N3O5S. The molecule has 0 spiro atoms. The fourth-order valence-electron chi connectivity index (χ4n) is 4.38. The summed E-state index contributed by atoms with van der Waals surface area (Å²) in [5.74, 6) is -0.271. The average molecular weight is 484 g/mol. The minimum Gasteiger partial charge on any atom is -0.493 e. The van der Waals surface area contributed by atoms with E-state index in [1.807, 2.05) is 30.5 Å². The van der Waals surface area contributed by atoms with E-state index < -0.39 is 5.92 Å². The second-order valence-electron chi connectivity index (χ2n) is 8.34. The lowest BCUT2D eigenvalue weighted by Gasteiger charge is -2.21. The van der Waals surface area contributed by atoms with E-state index >= 15 is 0 Å². The number of rotatable bonds is 7. The van der Waals surface area contributed by atoms with Gasteiger partial charge in [0.05, 0.1) is 31.4 Å². The van der Waals surface area contributed by atoms with Crippen molar-refractivity contribution in [3.63, 3.8) is 0 Å². The average Bonchev–Trinajstić information content (AvgIpc) is 3.53. The van der Waals surface area contributed by atoms with Crippen molar-refractivity contribution in [3.8, 4) is 11.5 Å². The lowest BCUT2D eigenvalue weighted by Crippen LogP contribution is -2.31. The summed E-state index contributed by atoms with van der Waals surface area (Å²) in [6, 6.07) is 10.9. The van der Waals surface area contributed by atoms with Gasteiger partial charge in [-0.2, -0.15) is 0 Å². The Bertz CT molecular complexity index is 1080. The Morgan fingerprint density at radius 1 is 1.03 bits per heavy atom. The second kappa shape index (κ2) is 10.4. The zero-order valence-electron chi connectivity index (χ0n) is 19.6. The van der Waals surface area contributed by atoms with Crippen molar-refractivity contribution in [2.45, 2.75) is 24.2 Å². The Morgan fingerprint density at radius 3 is 2.29 bits per heavy atom. The molecule has 1 atom stereocenters. The maximum absolute atomic E-state index is 13.2. The van der Waals surface area contributed by atoms with Crippen LogP contribution >= 0.6 is 11.8 Å². The van der Waals surface area contributed by atoms with Crippen LogP contribution in [-0.4, -0.2) is 62.7 Å². The number of likely N-dealkylation sites (tertiary alicyclic amines) is 1. The molecule has 0 aromatic heterocycles. The number of amides is 3. The van der Waals surface area contributed by atoms with Gasteiger partial charge in [0.1, 0.15) is 0 Å². The van der Waals surface area contributed by atoms with Crippen molar-refractivity contribution in [2.75, 3.05) is 50.3 Å². The normalized spacial score (nSPS) is 17.7. The number of methoxy groups -OCH3 is 2. The van der Waals surface area contributed by atoms with Crippen LogP contribution in [0.1, 0.15) is 29.6 Å². The highest BCUT2D eigenvalue weighted by Crippen LogP contribution is 2.35. The van der Waals surface area contributed by atoms with Gasteiger partial charge in [-0.15, -0.1) is 11.8 Å². The number of hydrogen-bond acceptors (Lipinski definition) is 6. The van der Waals surface area contributed by atoms with Crippen LogP contribution in [-0.2, 0) is 9.59 Å². The van der Waals surface area contributed by atoms with Crippen molar-refractivity contribution in [1.82, 2.24) is 4.90 Å². The van der Waals surface area contributed by atoms with Gasteiger partial charge in [0, 0.05) is 42.7 Å². The Kier molecular flexibility index (Phi) is 7.31. The molecule has 0 saturated carbocycles. The molecule has 3 amide bonds. The van der Waals surface area contributed by atoms with E-state index in [2.05, 4.69) is 5.32 Å². The van der Waals surface area contributed by atoms with Crippen LogP contribution in [0.5, 0.6) is 11.5 Å². The zero-order chi connectivity index (χ0) is 24.2. The SMILES string of the molecule is COc1cc(NC(=O)C2CC(=O)N(c3ccc(SC)cc3)C2)c(C(=O)N2CCCC2)cc1OC. The first-order chi connectivity index (χ1) is 16.4. The third-order valence-electron chi connectivity index (χ3n) is 6.29. The minimum absolute atomic E-state index is 0.0993. The Morgan fingerprint density at radius 2 is 1.68 bits per heavy atom. The van der Waals surface area contributed by atoms with Gasteiger partial charge in [-0.25, -0.2) is 0 Å². The summed E-state index contributed by atoms with van der Waals surface area (Å²) in [4.78, 5) is 43.6. The van der Waals surface area contributed by atoms with E-state index in [4.69, 9.17) is 9.47 Å². The third-order valence-corrected chi connectivity index (χ3v) is 7.03. The molecular weight excluding hydrogens is 454 g/mol. The fourth-order valence-corrected chi connectivity index (χ4v) is 4.79. The molecule has 0 bridgehead atoms. The van der Waals surface area contributed by atoms with Crippen LogP contribution in [0.25, 0.3) is 0 Å². The molecule has 0 aliphatic carbocycles. The number of thioether (sulfide) groups is 1. The highest BCUT2D eigenvalue weighted by Gasteiger charge is 2.36. The first-order valence-corrected chi connectivity index (χ1v) is 12.5. The maximum Gasteiger partial charge on any atom is 0.256 e. The van der Waals surface area contributed by atoms with Crippen molar-refractivity contribution < 1.29 is 23.9 Å². The summed E-state index contributed by atoms with van der Waals surface area (Å²) < 4.78 is 10.8. The summed E-state index contributed by atoms with van der Waals surface area (Å²) in [6.45, 7) is 1.65. The lowest BCUT2D eigenvalue weighted by atomic mass is 10.1. The number of carbonyl (C=O) groups is 3. The minimum atomic E-state index is -0.532. The van der Waals surface area contributed by atoms with Gasteiger partial charge in [-0.1, -0.05) is 0 Å². The number of nitrogens with zero attached hydrogens (tertiary/aromatic N) is 2. The lowest BCUT2D eigenvalue weighted by molar-refractivity contribution is -0.122. The van der Waals surface area contributed by atoms with Crippen molar-refractivity contribution in [2.24, 2.45) is 5.92 Å². The van der Waals surface area contributed by atoms with Gasteiger partial charge in [0.2, 0.25) is 11.8 Å². The zero-order valence-corrected chi connectivity index (χ0v) is 20.4. The van der Waals surface area contributed by atoms with Gasteiger partial charge < -0.3 is 24.6 Å². The summed E-state index contributed by atoms with van der Waals surface area (Å²) in [5, 5.41) is 2.89. The number of carbonyl (C=O) groups excluding carboxylic acids is 3. The first-order valence-electron chi connectivity index (χ1n) is 11.3. The van der Waals surface area contributed by atoms with E-state index in [1.54, 1.807) is 33.7 Å². The molecule has 8 nitrogen and oxygen atoms in total. The van der Waals surface area contributed by atoms with Crippen LogP contribution in [0.4, 0.5) is 11.4 Å². The number of ether oxygens (including phenoxy) is 2. The van der Waals surface area contributed by atoms with Crippen LogP contribution in [0.3, 0.4) is 0 Å². The van der Waals surface area contributed by atoms with Gasteiger partial charge in [-0.05, 0) is 49.4 Å². The van der Waals surface area contributed by atoms with E-state index in [0.717, 1.165) is 23.4 Å². The number of benzene rings is 2.